The fourth-order valence-corrected chi connectivity index (χ4v) is 8.13. The summed E-state index contributed by atoms with van der Waals surface area (Å²) in [6, 6.07) is 5.68. The molecule has 10 heteroatoms. The molecular formula is C19H26N2O6S2. The summed E-state index contributed by atoms with van der Waals surface area (Å²) in [6.07, 6.45) is 3.30. The first-order valence-electron chi connectivity index (χ1n) is 9.43. The topological polar surface area (TPSA) is 101 Å². The van der Waals surface area contributed by atoms with Gasteiger partial charge in [0.15, 0.2) is 9.84 Å². The first-order chi connectivity index (χ1) is 13.6. The predicted octanol–water partition coefficient (Wildman–Crippen LogP) is 0.678. The van der Waals surface area contributed by atoms with E-state index in [0.717, 1.165) is 11.1 Å². The molecule has 2 aliphatic heterocycles. The molecule has 1 aromatic rings. The van der Waals surface area contributed by atoms with E-state index in [1.165, 1.54) is 10.4 Å². The highest BCUT2D eigenvalue weighted by Crippen LogP contribution is 2.24. The Bertz CT molecular complexity index is 1010. The molecule has 1 amide bonds. The van der Waals surface area contributed by atoms with E-state index in [1.807, 2.05) is 25.1 Å². The molecule has 0 bridgehead atoms. The Morgan fingerprint density at radius 3 is 2.48 bits per heavy atom. The van der Waals surface area contributed by atoms with Gasteiger partial charge in [-0.1, -0.05) is 11.6 Å². The highest BCUT2D eigenvalue weighted by molar-refractivity contribution is 7.95. The van der Waals surface area contributed by atoms with Crippen molar-refractivity contribution in [2.24, 2.45) is 0 Å². The van der Waals surface area contributed by atoms with Crippen molar-refractivity contribution < 1.29 is 26.4 Å². The lowest BCUT2D eigenvalue weighted by atomic mass is 10.1. The SMILES string of the molecule is COc1ccc(C)cc1C=CC(=O)N1CCN(S(=O)(=O)C2CCS(=O)(=O)C2)CC1. The van der Waals surface area contributed by atoms with E-state index in [0.29, 0.717) is 5.75 Å². The molecule has 2 fully saturated rings. The summed E-state index contributed by atoms with van der Waals surface area (Å²) >= 11 is 0. The Morgan fingerprint density at radius 1 is 1.21 bits per heavy atom. The van der Waals surface area contributed by atoms with Crippen molar-refractivity contribution in [3.8, 4) is 5.75 Å². The van der Waals surface area contributed by atoms with Crippen molar-refractivity contribution in [2.45, 2.75) is 18.6 Å². The van der Waals surface area contributed by atoms with E-state index in [1.54, 1.807) is 18.1 Å². The maximum atomic E-state index is 12.7. The van der Waals surface area contributed by atoms with Gasteiger partial charge in [-0.3, -0.25) is 4.79 Å². The van der Waals surface area contributed by atoms with Gasteiger partial charge in [0.2, 0.25) is 15.9 Å². The Balaban J connectivity index is 1.61. The van der Waals surface area contributed by atoms with Gasteiger partial charge < -0.3 is 9.64 Å². The van der Waals surface area contributed by atoms with Crippen molar-refractivity contribution in [3.05, 3.63) is 35.4 Å². The first-order valence-corrected chi connectivity index (χ1v) is 12.8. The monoisotopic (exact) mass is 442 g/mol. The number of nitrogens with zero attached hydrogens (tertiary/aromatic N) is 2. The third-order valence-corrected chi connectivity index (χ3v) is 9.62. The van der Waals surface area contributed by atoms with Crippen molar-refractivity contribution >= 4 is 31.8 Å². The molecule has 0 radical (unpaired) electrons. The van der Waals surface area contributed by atoms with Crippen LogP contribution < -0.4 is 4.74 Å². The minimum atomic E-state index is -3.67. The predicted molar refractivity (Wildman–Crippen MR) is 111 cm³/mol. The number of carbonyl (C=O) groups excluding carboxylic acids is 1. The average Bonchev–Trinajstić information content (AvgIpc) is 3.07. The Kier molecular flexibility index (Phi) is 6.35. The zero-order chi connectivity index (χ0) is 21.2. The molecule has 1 aromatic carbocycles. The highest BCUT2D eigenvalue weighted by Gasteiger charge is 2.41. The van der Waals surface area contributed by atoms with Gasteiger partial charge in [0.1, 0.15) is 5.75 Å². The lowest BCUT2D eigenvalue weighted by Gasteiger charge is -2.34. The molecule has 160 valence electrons. The minimum Gasteiger partial charge on any atom is -0.496 e. The number of carbonyl (C=O) groups is 1. The number of hydrogen-bond donors (Lipinski definition) is 0. The van der Waals surface area contributed by atoms with Crippen molar-refractivity contribution in [3.63, 3.8) is 0 Å². The maximum Gasteiger partial charge on any atom is 0.246 e. The molecule has 8 nitrogen and oxygen atoms in total. The van der Waals surface area contributed by atoms with Crippen LogP contribution in [0.2, 0.25) is 0 Å². The Labute approximate surface area is 172 Å². The summed E-state index contributed by atoms with van der Waals surface area (Å²) in [5.74, 6) is 0.0779. The number of aryl methyl sites for hydroxylation is 1. The van der Waals surface area contributed by atoms with Crippen molar-refractivity contribution in [1.82, 2.24) is 9.21 Å². The zero-order valence-electron chi connectivity index (χ0n) is 16.6. The number of sulfonamides is 1. The lowest BCUT2D eigenvalue weighted by Crippen LogP contribution is -2.52. The number of rotatable bonds is 5. The molecule has 1 atom stereocenters. The second-order valence-electron chi connectivity index (χ2n) is 7.37. The van der Waals surface area contributed by atoms with Gasteiger partial charge >= 0.3 is 0 Å². The summed E-state index contributed by atoms with van der Waals surface area (Å²) in [6.45, 7) is 2.84. The second kappa shape index (κ2) is 8.45. The molecule has 2 heterocycles. The molecule has 0 spiro atoms. The molecule has 0 N–H and O–H groups in total. The summed E-state index contributed by atoms with van der Waals surface area (Å²) < 4.78 is 55.2. The number of methoxy groups -OCH3 is 1. The van der Waals surface area contributed by atoms with Crippen molar-refractivity contribution in [2.75, 3.05) is 44.8 Å². The lowest BCUT2D eigenvalue weighted by molar-refractivity contribution is -0.127. The second-order valence-corrected chi connectivity index (χ2v) is 11.8. The summed E-state index contributed by atoms with van der Waals surface area (Å²) in [7, 11) is -5.37. The van der Waals surface area contributed by atoms with Crippen LogP contribution in [0.5, 0.6) is 5.75 Å². The molecule has 1 unspecified atom stereocenters. The molecule has 2 saturated heterocycles. The molecule has 0 aliphatic carbocycles. The van der Waals surface area contributed by atoms with Crippen LogP contribution in [-0.2, 0) is 24.7 Å². The number of ether oxygens (including phenoxy) is 1. The van der Waals surface area contributed by atoms with Crippen LogP contribution in [0, 0.1) is 6.92 Å². The number of hydrogen-bond acceptors (Lipinski definition) is 6. The third kappa shape index (κ3) is 4.99. The molecular weight excluding hydrogens is 416 g/mol. The fourth-order valence-electron chi connectivity index (χ4n) is 3.62. The van der Waals surface area contributed by atoms with Crippen LogP contribution in [0.3, 0.4) is 0 Å². The highest BCUT2D eigenvalue weighted by atomic mass is 32.2. The average molecular weight is 443 g/mol. The smallest absolute Gasteiger partial charge is 0.246 e. The van der Waals surface area contributed by atoms with Gasteiger partial charge in [-0.05, 0) is 31.6 Å². The summed E-state index contributed by atoms with van der Waals surface area (Å²) in [4.78, 5) is 14.1. The van der Waals surface area contributed by atoms with Crippen LogP contribution >= 0.6 is 0 Å². The van der Waals surface area contributed by atoms with Crippen LogP contribution in [0.25, 0.3) is 6.08 Å². The van der Waals surface area contributed by atoms with E-state index >= 15 is 0 Å². The van der Waals surface area contributed by atoms with Crippen LogP contribution in [0.1, 0.15) is 17.5 Å². The number of sulfone groups is 1. The number of benzene rings is 1. The molecule has 0 saturated carbocycles. The van der Waals surface area contributed by atoms with Crippen LogP contribution in [0.15, 0.2) is 24.3 Å². The third-order valence-electron chi connectivity index (χ3n) is 5.31. The van der Waals surface area contributed by atoms with Gasteiger partial charge in [-0.2, -0.15) is 4.31 Å². The molecule has 3 rings (SSSR count). The Hall–Kier alpha value is -1.91. The van der Waals surface area contributed by atoms with Gasteiger partial charge in [-0.25, -0.2) is 16.8 Å². The van der Waals surface area contributed by atoms with Crippen LogP contribution in [-0.4, -0.2) is 82.0 Å². The molecule has 29 heavy (non-hydrogen) atoms. The van der Waals surface area contributed by atoms with Gasteiger partial charge in [0.25, 0.3) is 0 Å². The quantitative estimate of drug-likeness (QED) is 0.622. The Morgan fingerprint density at radius 2 is 1.90 bits per heavy atom. The first kappa shape index (κ1) is 21.8. The molecule has 2 aliphatic rings. The van der Waals surface area contributed by atoms with E-state index in [4.69, 9.17) is 4.74 Å². The van der Waals surface area contributed by atoms with Crippen molar-refractivity contribution in [1.29, 1.82) is 0 Å². The van der Waals surface area contributed by atoms with Gasteiger partial charge in [0.05, 0.1) is 23.9 Å². The maximum absolute atomic E-state index is 12.7. The van der Waals surface area contributed by atoms with E-state index in [9.17, 15) is 21.6 Å². The normalized spacial score (nSPS) is 22.8. The minimum absolute atomic E-state index is 0.0808. The fraction of sp³-hybridized carbons (Fsp3) is 0.526. The summed E-state index contributed by atoms with van der Waals surface area (Å²) in [5.41, 5.74) is 1.84. The van der Waals surface area contributed by atoms with Gasteiger partial charge in [-0.15, -0.1) is 0 Å². The number of piperazine rings is 1. The van der Waals surface area contributed by atoms with Gasteiger partial charge in [0, 0.05) is 37.8 Å². The van der Waals surface area contributed by atoms with Crippen LogP contribution in [0.4, 0.5) is 0 Å². The van der Waals surface area contributed by atoms with E-state index in [2.05, 4.69) is 0 Å². The zero-order valence-corrected chi connectivity index (χ0v) is 18.2. The standard InChI is InChI=1S/C19H26N2O6S2/c1-15-3-5-18(27-2)16(13-15)4-6-19(22)20-8-10-21(11-9-20)29(25,26)17-7-12-28(23,24)14-17/h3-6,13,17H,7-12,14H2,1-2H3. The number of amides is 1. The van der Waals surface area contributed by atoms with E-state index < -0.39 is 25.1 Å². The molecule has 0 aromatic heterocycles. The summed E-state index contributed by atoms with van der Waals surface area (Å²) in [5, 5.41) is -0.872. The largest absolute Gasteiger partial charge is 0.496 e. The van der Waals surface area contributed by atoms with E-state index in [-0.39, 0.29) is 50.0 Å².